The number of carboxylic acid groups (broad SMARTS) is 1. The normalized spacial score (nSPS) is 16.3. The van der Waals surface area contributed by atoms with Crippen molar-refractivity contribution in [2.75, 3.05) is 23.3 Å². The lowest BCUT2D eigenvalue weighted by atomic mass is 9.97. The second-order valence-electron chi connectivity index (χ2n) is 7.84. The van der Waals surface area contributed by atoms with Gasteiger partial charge in [0, 0.05) is 37.4 Å². The minimum absolute atomic E-state index is 0.0535. The van der Waals surface area contributed by atoms with E-state index in [4.69, 9.17) is 9.52 Å². The van der Waals surface area contributed by atoms with Crippen molar-refractivity contribution in [1.29, 1.82) is 0 Å². The molecule has 160 valence electrons. The second-order valence-corrected chi connectivity index (χ2v) is 7.84. The van der Waals surface area contributed by atoms with Gasteiger partial charge in [-0.3, -0.25) is 4.79 Å². The highest BCUT2D eigenvalue weighted by Gasteiger charge is 2.32. The topological polar surface area (TPSA) is 117 Å². The number of carboxylic acids is 1. The van der Waals surface area contributed by atoms with Gasteiger partial charge in [0.1, 0.15) is 0 Å². The molecule has 9 nitrogen and oxygen atoms in total. The van der Waals surface area contributed by atoms with Crippen LogP contribution in [0, 0.1) is 17.6 Å². The number of fused-ring (bicyclic) bond motifs is 1. The maximum atomic E-state index is 13.4. The van der Waals surface area contributed by atoms with Crippen molar-refractivity contribution >= 4 is 17.9 Å². The number of carbonyl (C=O) groups is 1. The van der Waals surface area contributed by atoms with Crippen molar-refractivity contribution in [2.45, 2.75) is 25.3 Å². The molecule has 0 saturated carbocycles. The number of halogens is 2. The average Bonchev–Trinajstić information content (AvgIpc) is 3.32. The van der Waals surface area contributed by atoms with Crippen LogP contribution in [0.2, 0.25) is 0 Å². The highest BCUT2D eigenvalue weighted by atomic mass is 19.2. The fourth-order valence-electron chi connectivity index (χ4n) is 3.97. The lowest BCUT2D eigenvalue weighted by Gasteiger charge is -2.36. The first-order valence-electron chi connectivity index (χ1n) is 9.80. The van der Waals surface area contributed by atoms with Gasteiger partial charge in [-0.1, -0.05) is 5.10 Å². The molecule has 0 bridgehead atoms. The van der Waals surface area contributed by atoms with Crippen molar-refractivity contribution in [3.05, 3.63) is 47.3 Å². The number of benzene rings is 1. The molecule has 5 rings (SSSR count). The third kappa shape index (κ3) is 3.90. The molecule has 1 fully saturated rings. The van der Waals surface area contributed by atoms with Gasteiger partial charge >= 0.3 is 12.0 Å². The highest BCUT2D eigenvalue weighted by molar-refractivity contribution is 5.67. The fourth-order valence-corrected chi connectivity index (χ4v) is 3.97. The number of aliphatic carboxylic acids is 1. The quantitative estimate of drug-likeness (QED) is 0.610. The van der Waals surface area contributed by atoms with Gasteiger partial charge in [0.05, 0.1) is 12.0 Å². The number of hydrogen-bond donors (Lipinski definition) is 2. The van der Waals surface area contributed by atoms with Crippen molar-refractivity contribution in [2.24, 2.45) is 5.92 Å². The molecule has 1 aliphatic heterocycles. The van der Waals surface area contributed by atoms with Gasteiger partial charge < -0.3 is 19.7 Å². The summed E-state index contributed by atoms with van der Waals surface area (Å²) in [4.78, 5) is 21.1. The number of nitrogens with one attached hydrogen (secondary N) is 1. The Morgan fingerprint density at radius 2 is 1.77 bits per heavy atom. The highest BCUT2D eigenvalue weighted by Crippen LogP contribution is 2.29. The van der Waals surface area contributed by atoms with Gasteiger partial charge in [0.15, 0.2) is 11.6 Å². The summed E-state index contributed by atoms with van der Waals surface area (Å²) in [6.07, 6.45) is 4.34. The van der Waals surface area contributed by atoms with Gasteiger partial charge in [-0.25, -0.2) is 18.7 Å². The summed E-state index contributed by atoms with van der Waals surface area (Å²) in [5.41, 5.74) is 2.11. The van der Waals surface area contributed by atoms with Crippen LogP contribution in [0.1, 0.15) is 17.5 Å². The van der Waals surface area contributed by atoms with Crippen LogP contribution in [0.3, 0.4) is 0 Å². The number of anilines is 2. The van der Waals surface area contributed by atoms with E-state index < -0.39 is 17.6 Å². The zero-order valence-electron chi connectivity index (χ0n) is 16.3. The molecular weight excluding hydrogens is 410 g/mol. The molecule has 1 aliphatic carbocycles. The van der Waals surface area contributed by atoms with Gasteiger partial charge in [0.25, 0.3) is 5.89 Å². The van der Waals surface area contributed by atoms with Crippen LogP contribution in [0.5, 0.6) is 0 Å². The summed E-state index contributed by atoms with van der Waals surface area (Å²) in [6.45, 7) is 1.12. The number of hydrogen-bond acceptors (Lipinski definition) is 8. The molecule has 0 amide bonds. The zero-order chi connectivity index (χ0) is 21.5. The van der Waals surface area contributed by atoms with E-state index in [-0.39, 0.29) is 24.3 Å². The van der Waals surface area contributed by atoms with Crippen LogP contribution < -0.4 is 10.2 Å². The fraction of sp³-hybridized carbons (Fsp3) is 0.350. The number of rotatable bonds is 6. The maximum absolute atomic E-state index is 13.4. The largest absolute Gasteiger partial charge is 0.481 e. The monoisotopic (exact) mass is 428 g/mol. The molecule has 11 heteroatoms. The van der Waals surface area contributed by atoms with E-state index in [2.05, 4.69) is 25.5 Å². The molecule has 3 aromatic rings. The molecule has 3 heterocycles. The Labute approximate surface area is 175 Å². The van der Waals surface area contributed by atoms with Crippen molar-refractivity contribution in [1.82, 2.24) is 20.2 Å². The molecule has 0 spiro atoms. The third-order valence-electron chi connectivity index (χ3n) is 5.51. The van der Waals surface area contributed by atoms with Crippen LogP contribution in [0.25, 0.3) is 11.5 Å². The zero-order valence-corrected chi connectivity index (χ0v) is 16.3. The smallest absolute Gasteiger partial charge is 0.318 e. The summed E-state index contributed by atoms with van der Waals surface area (Å²) in [5.74, 6) is -1.76. The summed E-state index contributed by atoms with van der Waals surface area (Å²) in [7, 11) is 0. The van der Waals surface area contributed by atoms with Crippen LogP contribution in [0.15, 0.2) is 28.9 Å². The van der Waals surface area contributed by atoms with Crippen molar-refractivity contribution in [3.63, 3.8) is 0 Å². The Kier molecular flexibility index (Phi) is 4.72. The van der Waals surface area contributed by atoms with Crippen LogP contribution in [-0.2, 0) is 17.6 Å². The molecule has 1 saturated heterocycles. The molecule has 0 unspecified atom stereocenters. The van der Waals surface area contributed by atoms with E-state index in [1.54, 1.807) is 12.4 Å². The van der Waals surface area contributed by atoms with Crippen LogP contribution in [-0.4, -0.2) is 50.4 Å². The first-order valence-corrected chi connectivity index (χ1v) is 9.80. The SMILES string of the molecule is O=C(O)CC1CN(c2nnc(-c3cnc(NC4Cc5cc(F)c(F)cc5C4)nc3)o2)C1. The summed E-state index contributed by atoms with van der Waals surface area (Å²) >= 11 is 0. The van der Waals surface area contributed by atoms with E-state index in [0.29, 0.717) is 43.5 Å². The molecule has 1 aromatic carbocycles. The van der Waals surface area contributed by atoms with Crippen LogP contribution in [0.4, 0.5) is 20.7 Å². The molecule has 0 atom stereocenters. The Hall–Kier alpha value is -3.63. The van der Waals surface area contributed by atoms with Crippen molar-refractivity contribution in [3.8, 4) is 11.5 Å². The van der Waals surface area contributed by atoms with Crippen molar-refractivity contribution < 1.29 is 23.1 Å². The Morgan fingerprint density at radius 1 is 1.13 bits per heavy atom. The minimum Gasteiger partial charge on any atom is -0.481 e. The molecule has 2 N–H and O–H groups in total. The lowest BCUT2D eigenvalue weighted by Crippen LogP contribution is -2.47. The molecule has 2 aliphatic rings. The summed E-state index contributed by atoms with van der Waals surface area (Å²) in [6, 6.07) is 2.76. The standard InChI is InChI=1S/C20H18F2N6O3/c21-15-4-11-2-14(3-12(11)5-16(15)22)25-19-23-6-13(7-24-19)18-26-27-20(31-18)28-8-10(9-28)1-17(29)30/h4-7,10,14H,1-3,8-9H2,(H,29,30)(H,23,24,25). The average molecular weight is 428 g/mol. The number of nitrogens with zero attached hydrogens (tertiary/aromatic N) is 5. The predicted octanol–water partition coefficient (Wildman–Crippen LogP) is 2.29. The molecule has 2 aromatic heterocycles. The van der Waals surface area contributed by atoms with Gasteiger partial charge in [-0.05, 0) is 36.1 Å². The summed E-state index contributed by atoms with van der Waals surface area (Å²) in [5, 5.41) is 20.0. The van der Waals surface area contributed by atoms with Gasteiger partial charge in [0.2, 0.25) is 5.95 Å². The van der Waals surface area contributed by atoms with E-state index in [1.807, 2.05) is 4.90 Å². The molecule has 31 heavy (non-hydrogen) atoms. The minimum atomic E-state index is -0.838. The van der Waals surface area contributed by atoms with Crippen LogP contribution >= 0.6 is 0 Å². The maximum Gasteiger partial charge on any atom is 0.318 e. The van der Waals surface area contributed by atoms with E-state index in [9.17, 15) is 13.6 Å². The first kappa shape index (κ1) is 19.3. The summed E-state index contributed by atoms with van der Waals surface area (Å²) < 4.78 is 32.5. The molecule has 0 radical (unpaired) electrons. The number of aromatic nitrogens is 4. The Morgan fingerprint density at radius 3 is 2.39 bits per heavy atom. The second kappa shape index (κ2) is 7.56. The Bertz CT molecular complexity index is 1100. The Balaban J connectivity index is 1.20. The molecular formula is C20H18F2N6O3. The van der Waals surface area contributed by atoms with E-state index in [1.165, 1.54) is 12.1 Å². The van der Waals surface area contributed by atoms with E-state index in [0.717, 1.165) is 11.1 Å². The third-order valence-corrected chi connectivity index (χ3v) is 5.51. The van der Waals surface area contributed by atoms with Gasteiger partial charge in [-0.2, -0.15) is 0 Å². The predicted molar refractivity (Wildman–Crippen MR) is 104 cm³/mol. The first-order chi connectivity index (χ1) is 14.9. The van der Waals surface area contributed by atoms with Gasteiger partial charge in [-0.15, -0.1) is 5.10 Å². The lowest BCUT2D eigenvalue weighted by molar-refractivity contribution is -0.138. The van der Waals surface area contributed by atoms with E-state index >= 15 is 0 Å².